The molecule has 3 aromatic rings. The molecule has 0 aromatic heterocycles. The minimum Gasteiger partial charge on any atom is -0.380 e. The quantitative estimate of drug-likeness (QED) is 0.409. The molecule has 1 fully saturated rings. The summed E-state index contributed by atoms with van der Waals surface area (Å²) in [6.07, 6.45) is 1.24. The maximum atomic E-state index is 12.4. The van der Waals surface area contributed by atoms with E-state index in [9.17, 15) is 24.0 Å². The van der Waals surface area contributed by atoms with Crippen LogP contribution in [-0.2, 0) is 15.6 Å². The maximum Gasteiger partial charge on any atom is 0.242 e. The fourth-order valence-electron chi connectivity index (χ4n) is 5.03. The van der Waals surface area contributed by atoms with E-state index in [-0.39, 0.29) is 16.4 Å². The molecule has 3 aromatic carbocycles. The largest absolute Gasteiger partial charge is 0.380 e. The fraction of sp³-hybridized carbons (Fsp3) is 0.267. The van der Waals surface area contributed by atoms with Gasteiger partial charge in [-0.25, -0.2) is 12.7 Å². The van der Waals surface area contributed by atoms with Crippen LogP contribution in [0.15, 0.2) is 101 Å². The van der Waals surface area contributed by atoms with Gasteiger partial charge >= 0.3 is 0 Å². The van der Waals surface area contributed by atoms with Crippen LogP contribution in [-0.4, -0.2) is 49.9 Å². The van der Waals surface area contributed by atoms with Gasteiger partial charge in [-0.2, -0.15) is 10.5 Å². The van der Waals surface area contributed by atoms with Gasteiger partial charge in [0.15, 0.2) is 5.57 Å². The van der Waals surface area contributed by atoms with Crippen LogP contribution >= 0.6 is 0 Å². The third-order valence-electron chi connectivity index (χ3n) is 7.19. The molecule has 2 N–H and O–H groups in total. The average molecular weight is 542 g/mol. The summed E-state index contributed by atoms with van der Waals surface area (Å²) in [6, 6.07) is 29.4. The number of nitriles is 2. The van der Waals surface area contributed by atoms with Gasteiger partial charge in [0.05, 0.1) is 4.90 Å². The Morgan fingerprint density at radius 2 is 1.38 bits per heavy atom. The second-order valence-electron chi connectivity index (χ2n) is 9.64. The molecule has 0 bridgehead atoms. The van der Waals surface area contributed by atoms with Crippen LogP contribution < -0.4 is 5.32 Å². The maximum absolute atomic E-state index is 12.4. The number of rotatable bonds is 8. The molecule has 0 saturated carbocycles. The summed E-state index contributed by atoms with van der Waals surface area (Å²) in [4.78, 5) is 2.09. The van der Waals surface area contributed by atoms with E-state index in [4.69, 9.17) is 0 Å². The van der Waals surface area contributed by atoms with Gasteiger partial charge in [-0.1, -0.05) is 60.7 Å². The number of hydrogen-bond donors (Lipinski definition) is 2. The zero-order chi connectivity index (χ0) is 28.0. The lowest BCUT2D eigenvalue weighted by Crippen LogP contribution is -2.45. The number of nitrogens with one attached hydrogen (secondary N) is 1. The lowest BCUT2D eigenvalue weighted by Gasteiger charge is -2.43. The Morgan fingerprint density at radius 1 is 0.897 bits per heavy atom. The Hall–Kier alpha value is -4.15. The van der Waals surface area contributed by atoms with Gasteiger partial charge < -0.3 is 15.3 Å². The van der Waals surface area contributed by atoms with Crippen molar-refractivity contribution in [1.82, 2.24) is 9.21 Å². The first-order chi connectivity index (χ1) is 18.7. The highest BCUT2D eigenvalue weighted by atomic mass is 32.2. The Morgan fingerprint density at radius 3 is 1.82 bits per heavy atom. The fourth-order valence-corrected chi connectivity index (χ4v) is 5.93. The van der Waals surface area contributed by atoms with Crippen molar-refractivity contribution in [2.45, 2.75) is 23.3 Å². The van der Waals surface area contributed by atoms with E-state index >= 15 is 0 Å². The molecule has 8 nitrogen and oxygen atoms in total. The molecule has 0 radical (unpaired) electrons. The Kier molecular flexibility index (Phi) is 8.37. The van der Waals surface area contributed by atoms with Crippen LogP contribution in [0.2, 0.25) is 0 Å². The Labute approximate surface area is 230 Å². The first-order valence-corrected chi connectivity index (χ1v) is 14.1. The molecule has 4 rings (SSSR count). The summed E-state index contributed by atoms with van der Waals surface area (Å²) < 4.78 is 26.0. The second kappa shape index (κ2) is 11.7. The topological polar surface area (TPSA) is 120 Å². The van der Waals surface area contributed by atoms with Gasteiger partial charge in [-0.3, -0.25) is 0 Å². The summed E-state index contributed by atoms with van der Waals surface area (Å²) >= 11 is 0. The summed E-state index contributed by atoms with van der Waals surface area (Å²) in [5.74, 6) is 0.271. The van der Waals surface area contributed by atoms with Crippen molar-refractivity contribution in [1.29, 1.82) is 10.5 Å². The van der Waals surface area contributed by atoms with E-state index in [1.807, 2.05) is 77.7 Å². The van der Waals surface area contributed by atoms with Crippen LogP contribution in [0.5, 0.6) is 0 Å². The zero-order valence-electron chi connectivity index (χ0n) is 21.9. The highest BCUT2D eigenvalue weighted by Gasteiger charge is 2.42. The van der Waals surface area contributed by atoms with E-state index in [1.165, 1.54) is 26.2 Å². The number of sulfonamides is 1. The Balaban J connectivity index is 1.59. The van der Waals surface area contributed by atoms with Crippen LogP contribution in [0.3, 0.4) is 0 Å². The second-order valence-corrected chi connectivity index (χ2v) is 11.8. The van der Waals surface area contributed by atoms with Crippen LogP contribution in [0, 0.1) is 28.6 Å². The van der Waals surface area contributed by atoms with Crippen molar-refractivity contribution in [3.05, 3.63) is 107 Å². The normalized spacial score (nSPS) is 14.4. The summed E-state index contributed by atoms with van der Waals surface area (Å²) in [7, 11) is -0.646. The number of aliphatic hydroxyl groups is 1. The minimum absolute atomic E-state index is 0.0696. The molecule has 0 spiro atoms. The molecule has 1 aliphatic rings. The summed E-state index contributed by atoms with van der Waals surface area (Å²) in [5, 5.41) is 34.7. The van der Waals surface area contributed by atoms with Crippen molar-refractivity contribution >= 4 is 15.7 Å². The molecule has 200 valence electrons. The summed E-state index contributed by atoms with van der Waals surface area (Å²) in [5.41, 5.74) is 0.947. The van der Waals surface area contributed by atoms with E-state index in [2.05, 4.69) is 5.32 Å². The van der Waals surface area contributed by atoms with Crippen molar-refractivity contribution in [2.75, 3.05) is 32.5 Å². The molecule has 0 unspecified atom stereocenters. The zero-order valence-corrected chi connectivity index (χ0v) is 22.8. The molecule has 0 aliphatic carbocycles. The molecule has 0 atom stereocenters. The third kappa shape index (κ3) is 5.67. The lowest BCUT2D eigenvalue weighted by atomic mass is 9.72. The van der Waals surface area contributed by atoms with Gasteiger partial charge in [0, 0.05) is 32.9 Å². The van der Waals surface area contributed by atoms with Crippen molar-refractivity contribution < 1.29 is 13.5 Å². The van der Waals surface area contributed by atoms with E-state index in [0.29, 0.717) is 37.4 Å². The van der Waals surface area contributed by atoms with E-state index in [1.54, 1.807) is 12.1 Å². The number of benzene rings is 3. The minimum atomic E-state index is -3.58. The van der Waals surface area contributed by atoms with Crippen LogP contribution in [0.25, 0.3) is 0 Å². The molecular weight excluding hydrogens is 510 g/mol. The predicted octanol–water partition coefficient (Wildman–Crippen LogP) is 4.26. The van der Waals surface area contributed by atoms with E-state index < -0.39 is 15.6 Å². The molecule has 1 heterocycles. The van der Waals surface area contributed by atoms with Gasteiger partial charge in [-0.15, -0.1) is 0 Å². The average Bonchev–Trinajstić information content (AvgIpc) is 2.98. The van der Waals surface area contributed by atoms with Gasteiger partial charge in [0.2, 0.25) is 10.0 Å². The third-order valence-corrected chi connectivity index (χ3v) is 9.02. The van der Waals surface area contributed by atoms with Crippen LogP contribution in [0.1, 0.15) is 24.0 Å². The number of piperidine rings is 1. The van der Waals surface area contributed by atoms with Gasteiger partial charge in [-0.05, 0) is 54.2 Å². The number of anilines is 1. The van der Waals surface area contributed by atoms with E-state index in [0.717, 1.165) is 15.4 Å². The smallest absolute Gasteiger partial charge is 0.242 e. The monoisotopic (exact) mass is 541 g/mol. The van der Waals surface area contributed by atoms with Crippen molar-refractivity contribution in [3.63, 3.8) is 0 Å². The first-order valence-electron chi connectivity index (χ1n) is 12.6. The first kappa shape index (κ1) is 27.9. The predicted molar refractivity (Wildman–Crippen MR) is 149 cm³/mol. The van der Waals surface area contributed by atoms with Gasteiger partial charge in [0.25, 0.3) is 0 Å². The Bertz CT molecular complexity index is 1440. The standard InChI is InChI=1S/C30H31N5O3S/c1-34(2)39(37,38)28-15-13-27(14-16-28)33-29(23(21-31)22-32)35-19-17-26(18-20-35)30(36,24-9-5-3-6-10-24)25-11-7-4-8-12-25/h3-16,26,33,36H,17-20H2,1-2H3. The number of nitrogens with zero attached hydrogens (tertiary/aromatic N) is 4. The molecule has 1 aliphatic heterocycles. The molecule has 0 amide bonds. The number of hydrogen-bond acceptors (Lipinski definition) is 7. The summed E-state index contributed by atoms with van der Waals surface area (Å²) in [6.45, 7) is 1.02. The van der Waals surface area contributed by atoms with Crippen molar-refractivity contribution in [3.8, 4) is 12.1 Å². The van der Waals surface area contributed by atoms with Crippen LogP contribution in [0.4, 0.5) is 5.69 Å². The lowest BCUT2D eigenvalue weighted by molar-refractivity contribution is -0.00989. The molecular formula is C30H31N5O3S. The SMILES string of the molecule is CN(C)S(=O)(=O)c1ccc(NC(=C(C#N)C#N)N2CCC(C(O)(c3ccccc3)c3ccccc3)CC2)cc1. The van der Waals surface area contributed by atoms with Gasteiger partial charge in [0.1, 0.15) is 23.6 Å². The number of likely N-dealkylation sites (tertiary alicyclic amines) is 1. The van der Waals surface area contributed by atoms with Crippen molar-refractivity contribution in [2.24, 2.45) is 5.92 Å². The molecule has 1 saturated heterocycles. The molecule has 9 heteroatoms. The highest BCUT2D eigenvalue weighted by molar-refractivity contribution is 7.89. The highest BCUT2D eigenvalue weighted by Crippen LogP contribution is 2.42. The molecule has 39 heavy (non-hydrogen) atoms. The number of allylic oxidation sites excluding steroid dienone is 1.